The number of alkyl halides is 8. The molecule has 0 saturated heterocycles. The first kappa shape index (κ1) is 35.7. The number of sulfonamides is 2. The quantitative estimate of drug-likeness (QED) is 0.201. The Morgan fingerprint density at radius 1 is 0.600 bits per heavy atom. The Morgan fingerprint density at radius 3 is 1.10 bits per heavy atom. The highest BCUT2D eigenvalue weighted by atomic mass is 35.6. The molecule has 2 amide bonds. The molecular weight excluding hydrogens is 740 g/mol. The van der Waals surface area contributed by atoms with Crippen LogP contribution in [0.5, 0.6) is 0 Å². The van der Waals surface area contributed by atoms with E-state index in [1.807, 2.05) is 0 Å². The van der Waals surface area contributed by atoms with Crippen molar-refractivity contribution >= 4 is 125 Å². The number of carbonyl (C=O) groups is 2. The van der Waals surface area contributed by atoms with E-state index in [1.165, 1.54) is 48.5 Å². The zero-order chi connectivity index (χ0) is 30.5. The number of carbonyl (C=O) groups excluding carboxylic acids is 2. The fourth-order valence-corrected chi connectivity index (χ4v) is 6.40. The monoisotopic (exact) mass is 754 g/mol. The Morgan fingerprint density at radius 2 is 0.875 bits per heavy atom. The average Bonchev–Trinajstić information content (AvgIpc) is 2.86. The van der Waals surface area contributed by atoms with Gasteiger partial charge in [-0.15, -0.1) is 23.2 Å². The summed E-state index contributed by atoms with van der Waals surface area (Å²) in [5.74, 6) is -2.55. The fourth-order valence-electron chi connectivity index (χ4n) is 2.85. The molecule has 0 heterocycles. The molecule has 0 aromatic heterocycles. The molecule has 2 atom stereocenters. The molecule has 2 rings (SSSR count). The average molecular weight is 758 g/mol. The van der Waals surface area contributed by atoms with Gasteiger partial charge in [0.1, 0.15) is 24.1 Å². The van der Waals surface area contributed by atoms with Crippen molar-refractivity contribution in [3.05, 3.63) is 48.5 Å². The van der Waals surface area contributed by atoms with Crippen LogP contribution in [-0.4, -0.2) is 60.3 Å². The largest absolute Gasteiger partial charge is 0.335 e. The van der Waals surface area contributed by atoms with Gasteiger partial charge >= 0.3 is 0 Å². The molecule has 0 saturated carbocycles. The lowest BCUT2D eigenvalue weighted by atomic mass is 10.1. The van der Waals surface area contributed by atoms with Gasteiger partial charge in [0.05, 0.1) is 9.79 Å². The van der Waals surface area contributed by atoms with E-state index in [0.717, 1.165) is 0 Å². The summed E-state index contributed by atoms with van der Waals surface area (Å²) in [6, 6.07) is 10.7. The maximum Gasteiger partial charge on any atom is 0.242 e. The summed E-state index contributed by atoms with van der Waals surface area (Å²) >= 11 is 45.5. The van der Waals surface area contributed by atoms with Gasteiger partial charge in [0, 0.05) is 0 Å². The highest BCUT2D eigenvalue weighted by Gasteiger charge is 2.38. The Labute approximate surface area is 270 Å². The maximum atomic E-state index is 12.8. The van der Waals surface area contributed by atoms with Crippen LogP contribution >= 0.6 is 92.8 Å². The Balaban J connectivity index is 2.24. The van der Waals surface area contributed by atoms with E-state index in [-0.39, 0.29) is 9.79 Å². The van der Waals surface area contributed by atoms with Crippen LogP contribution in [0, 0.1) is 0 Å². The third kappa shape index (κ3) is 10.4. The molecule has 0 radical (unpaired) electrons. The minimum atomic E-state index is -4.28. The number of rotatable bonds is 11. The second-order valence-electron chi connectivity index (χ2n) is 7.64. The normalized spacial score (nSPS) is 14.3. The lowest BCUT2D eigenvalue weighted by Gasteiger charge is -2.26. The molecule has 2 aromatic carbocycles. The van der Waals surface area contributed by atoms with Gasteiger partial charge in [-0.25, -0.2) is 16.8 Å². The van der Waals surface area contributed by atoms with Gasteiger partial charge in [0.25, 0.3) is 0 Å². The summed E-state index contributed by atoms with van der Waals surface area (Å²) in [4.78, 5) is 22.7. The van der Waals surface area contributed by atoms with Gasteiger partial charge in [-0.3, -0.25) is 9.59 Å². The second-order valence-corrected chi connectivity index (χ2v) is 16.3. The highest BCUT2D eigenvalue weighted by Crippen LogP contribution is 2.31. The van der Waals surface area contributed by atoms with Crippen molar-refractivity contribution in [2.24, 2.45) is 0 Å². The van der Waals surface area contributed by atoms with Gasteiger partial charge in [0.2, 0.25) is 39.4 Å². The van der Waals surface area contributed by atoms with Gasteiger partial charge in [-0.05, 0) is 35.4 Å². The van der Waals surface area contributed by atoms with Gasteiger partial charge in [-0.1, -0.05) is 93.9 Å². The zero-order valence-corrected chi connectivity index (χ0v) is 27.2. The number of halogens is 8. The predicted molar refractivity (Wildman–Crippen MR) is 158 cm³/mol. The Kier molecular flexibility index (Phi) is 12.8. The van der Waals surface area contributed by atoms with Crippen LogP contribution in [-0.2, 0) is 29.6 Å². The summed E-state index contributed by atoms with van der Waals surface area (Å²) in [6.07, 6.45) is -3.25. The predicted octanol–water partition coefficient (Wildman–Crippen LogP) is 4.01. The summed E-state index contributed by atoms with van der Waals surface area (Å²) in [6.45, 7) is 0. The van der Waals surface area contributed by atoms with E-state index in [4.69, 9.17) is 92.8 Å². The number of benzene rings is 2. The summed E-state index contributed by atoms with van der Waals surface area (Å²) in [7, 11) is -8.55. The number of amides is 2. The molecule has 4 N–H and O–H groups in total. The van der Waals surface area contributed by atoms with Crippen molar-refractivity contribution < 1.29 is 26.4 Å². The molecular formula is C20H18Cl8N4O6S2. The lowest BCUT2D eigenvalue weighted by molar-refractivity contribution is -0.120. The first-order valence-corrected chi connectivity index (χ1v) is 16.7. The summed E-state index contributed by atoms with van der Waals surface area (Å²) < 4.78 is 50.9. The standard InChI is InChI=1S/C20H18Cl8N4O6S2/c21-9-15(33)29-17(19(23,24)25)31-39(35,36)13-5-1-11(2-6-13)12-3-7-14(8-4-12)40(37,38)32-18(20(26,27)28)30-16(34)10-22/h1-8,17-18,31-32H,9-10H2,(H,29,33)(H,30,34). The smallest absolute Gasteiger partial charge is 0.242 e. The van der Waals surface area contributed by atoms with E-state index in [0.29, 0.717) is 11.1 Å². The molecule has 10 nitrogen and oxygen atoms in total. The first-order chi connectivity index (χ1) is 18.3. The van der Waals surface area contributed by atoms with Crippen molar-refractivity contribution in [1.29, 1.82) is 0 Å². The molecule has 2 unspecified atom stereocenters. The lowest BCUT2D eigenvalue weighted by Crippen LogP contribution is -2.55. The minimum Gasteiger partial charge on any atom is -0.335 e. The fraction of sp³-hybridized carbons (Fsp3) is 0.300. The van der Waals surface area contributed by atoms with E-state index in [2.05, 4.69) is 20.1 Å². The van der Waals surface area contributed by atoms with Crippen LogP contribution in [0.15, 0.2) is 58.3 Å². The van der Waals surface area contributed by atoms with E-state index >= 15 is 0 Å². The summed E-state index contributed by atoms with van der Waals surface area (Å²) in [5.41, 5.74) is 1.02. The highest BCUT2D eigenvalue weighted by molar-refractivity contribution is 7.89. The third-order valence-electron chi connectivity index (χ3n) is 4.72. The van der Waals surface area contributed by atoms with E-state index in [1.54, 1.807) is 0 Å². The number of hydrogen-bond donors (Lipinski definition) is 4. The molecule has 2 aromatic rings. The van der Waals surface area contributed by atoms with Gasteiger partial charge < -0.3 is 10.6 Å². The van der Waals surface area contributed by atoms with Crippen LogP contribution in [0.1, 0.15) is 0 Å². The molecule has 0 fully saturated rings. The van der Waals surface area contributed by atoms with Gasteiger partial charge in [-0.2, -0.15) is 9.44 Å². The second kappa shape index (κ2) is 14.3. The van der Waals surface area contributed by atoms with Crippen molar-refractivity contribution in [3.8, 4) is 11.1 Å². The molecule has 0 bridgehead atoms. The van der Waals surface area contributed by atoms with Crippen molar-refractivity contribution in [2.45, 2.75) is 29.7 Å². The molecule has 40 heavy (non-hydrogen) atoms. The number of hydrogen-bond acceptors (Lipinski definition) is 6. The molecule has 0 aliphatic carbocycles. The maximum absolute atomic E-state index is 12.8. The Bertz CT molecular complexity index is 1310. The topological polar surface area (TPSA) is 151 Å². The van der Waals surface area contributed by atoms with Crippen molar-refractivity contribution in [3.63, 3.8) is 0 Å². The van der Waals surface area contributed by atoms with Crippen molar-refractivity contribution in [1.82, 2.24) is 20.1 Å². The van der Waals surface area contributed by atoms with Crippen LogP contribution in [0.3, 0.4) is 0 Å². The van der Waals surface area contributed by atoms with Crippen LogP contribution in [0.2, 0.25) is 0 Å². The van der Waals surface area contributed by atoms with Gasteiger partial charge in [0.15, 0.2) is 0 Å². The van der Waals surface area contributed by atoms with E-state index < -0.39 is 63.5 Å². The van der Waals surface area contributed by atoms with Crippen LogP contribution in [0.25, 0.3) is 11.1 Å². The first-order valence-electron chi connectivity index (χ1n) is 10.4. The van der Waals surface area contributed by atoms with Crippen molar-refractivity contribution in [2.75, 3.05) is 11.8 Å². The third-order valence-corrected chi connectivity index (χ3v) is 9.39. The van der Waals surface area contributed by atoms with E-state index in [9.17, 15) is 26.4 Å². The minimum absolute atomic E-state index is 0.226. The zero-order valence-electron chi connectivity index (χ0n) is 19.5. The number of nitrogens with one attached hydrogen (secondary N) is 4. The Hall–Kier alpha value is -0.480. The summed E-state index contributed by atoms with van der Waals surface area (Å²) in [5, 5.41) is 4.32. The molecule has 20 heteroatoms. The molecule has 0 aliphatic rings. The molecule has 0 spiro atoms. The molecule has 0 aliphatic heterocycles. The molecule has 222 valence electrons. The van der Waals surface area contributed by atoms with Crippen LogP contribution < -0.4 is 20.1 Å². The van der Waals surface area contributed by atoms with Crippen LogP contribution in [0.4, 0.5) is 0 Å². The SMILES string of the molecule is O=C(CCl)NC(NS(=O)(=O)c1ccc(-c2ccc(S(=O)(=O)NC(NC(=O)CCl)C(Cl)(Cl)Cl)cc2)cc1)C(Cl)(Cl)Cl.